The number of hydrogen-bond donors (Lipinski definition) is 2. The second-order valence-corrected chi connectivity index (χ2v) is 8.46. The molecule has 0 aliphatic carbocycles. The summed E-state index contributed by atoms with van der Waals surface area (Å²) < 4.78 is 16.4. The number of anilines is 2. The number of nitrogens with zero attached hydrogens (tertiary/aromatic N) is 9. The van der Waals surface area contributed by atoms with Gasteiger partial charge in [-0.05, 0) is 12.1 Å². The lowest BCUT2D eigenvalue weighted by Crippen LogP contribution is -2.56. The zero-order valence-corrected chi connectivity index (χ0v) is 22.3. The number of piperazine rings is 1. The van der Waals surface area contributed by atoms with Gasteiger partial charge < -0.3 is 34.4 Å². The van der Waals surface area contributed by atoms with E-state index in [2.05, 4.69) is 70.2 Å². The number of aliphatic hydroxyl groups excluding tert-OH is 1. The molecule has 0 saturated carbocycles. The van der Waals surface area contributed by atoms with Crippen LogP contribution >= 0.6 is 0 Å². The third-order valence-corrected chi connectivity index (χ3v) is 5.86. The Labute approximate surface area is 238 Å². The summed E-state index contributed by atoms with van der Waals surface area (Å²) in [6.07, 6.45) is 11.1. The van der Waals surface area contributed by atoms with Gasteiger partial charge in [0.15, 0.2) is 20.1 Å². The molecule has 1 saturated heterocycles. The van der Waals surface area contributed by atoms with Crippen molar-refractivity contribution in [3.8, 4) is 23.3 Å². The summed E-state index contributed by atoms with van der Waals surface area (Å²) in [6, 6.07) is 3.68. The molecule has 210 valence electrons. The molecule has 5 heterocycles. The standard InChI is InChI=1S/C26H27N9O4.BH2N/c36-7-8-37-9-10-38-16-22-15-34(5-6-35(22)26-32-17-28-18-33-26)25-30-12-21(13-31-25)2-1-20-3-4-23(29-11-20)24-14-27-19-39-24;1-2/h3-4,11-14,17-19,22,36H,5-10,15-16H2;2H2. The molecule has 0 amide bonds. The molecule has 1 aliphatic heterocycles. The van der Waals surface area contributed by atoms with E-state index < -0.39 is 0 Å². The Hall–Kier alpha value is -4.49. The summed E-state index contributed by atoms with van der Waals surface area (Å²) in [5.41, 5.74) is 6.16. The summed E-state index contributed by atoms with van der Waals surface area (Å²) in [7, 11) is 4.00. The maximum absolute atomic E-state index is 8.84. The lowest BCUT2D eigenvalue weighted by atomic mass is 10.2. The van der Waals surface area contributed by atoms with E-state index in [9.17, 15) is 0 Å². The van der Waals surface area contributed by atoms with Gasteiger partial charge in [-0.15, -0.1) is 0 Å². The van der Waals surface area contributed by atoms with E-state index in [1.807, 2.05) is 12.1 Å². The van der Waals surface area contributed by atoms with E-state index in [-0.39, 0.29) is 12.6 Å². The highest BCUT2D eigenvalue weighted by Crippen LogP contribution is 2.20. The maximum atomic E-state index is 8.84. The van der Waals surface area contributed by atoms with E-state index in [0.717, 1.165) is 5.56 Å². The van der Waals surface area contributed by atoms with Crippen molar-refractivity contribution < 1.29 is 19.0 Å². The van der Waals surface area contributed by atoms with Gasteiger partial charge in [0.1, 0.15) is 18.3 Å². The largest absolute Gasteiger partial charge is 0.442 e. The Morgan fingerprint density at radius 2 is 1.63 bits per heavy atom. The molecule has 0 aromatic carbocycles. The maximum Gasteiger partial charge on any atom is 0.228 e. The highest BCUT2D eigenvalue weighted by molar-refractivity contribution is 6.02. The van der Waals surface area contributed by atoms with Crippen LogP contribution in [0, 0.1) is 11.8 Å². The normalized spacial score (nSPS) is 14.5. The minimum atomic E-state index is -0.0329. The smallest absolute Gasteiger partial charge is 0.228 e. The molecule has 1 fully saturated rings. The quantitative estimate of drug-likeness (QED) is 0.150. The van der Waals surface area contributed by atoms with E-state index >= 15 is 0 Å². The SMILES string of the molecule is OCCOCCOCC1CN(c2ncc(C#Cc3ccc(-c4cnco4)nc3)cn2)CCN1c1ncncn1.[B]N. The minimum absolute atomic E-state index is 0.00990. The van der Waals surface area contributed by atoms with Crippen LogP contribution in [0.25, 0.3) is 11.5 Å². The molecule has 1 atom stereocenters. The first-order valence-electron chi connectivity index (χ1n) is 12.7. The Morgan fingerprint density at radius 1 is 0.878 bits per heavy atom. The molecule has 0 bridgehead atoms. The van der Waals surface area contributed by atoms with E-state index in [0.29, 0.717) is 75.0 Å². The lowest BCUT2D eigenvalue weighted by Gasteiger charge is -2.41. The molecular weight excluding hydrogens is 527 g/mol. The highest BCUT2D eigenvalue weighted by Gasteiger charge is 2.30. The van der Waals surface area contributed by atoms with Gasteiger partial charge in [-0.25, -0.2) is 29.9 Å². The van der Waals surface area contributed by atoms with Crippen LogP contribution in [0.2, 0.25) is 0 Å². The molecule has 4 aromatic rings. The number of pyridine rings is 1. The second-order valence-electron chi connectivity index (χ2n) is 8.46. The van der Waals surface area contributed by atoms with Gasteiger partial charge in [0.25, 0.3) is 0 Å². The van der Waals surface area contributed by atoms with Crippen LogP contribution in [-0.4, -0.2) is 107 Å². The minimum Gasteiger partial charge on any atom is -0.442 e. The third-order valence-electron chi connectivity index (χ3n) is 5.86. The third kappa shape index (κ3) is 8.50. The van der Waals surface area contributed by atoms with Crippen molar-refractivity contribution in [2.24, 2.45) is 5.64 Å². The van der Waals surface area contributed by atoms with Crippen LogP contribution in [0.5, 0.6) is 0 Å². The first kappa shape index (κ1) is 29.5. The number of aromatic nitrogens is 7. The lowest BCUT2D eigenvalue weighted by molar-refractivity contribution is 0.0284. The number of hydrogen-bond acceptors (Lipinski definition) is 14. The van der Waals surface area contributed by atoms with Gasteiger partial charge >= 0.3 is 0 Å². The number of oxazole rings is 1. The second kappa shape index (κ2) is 15.9. The van der Waals surface area contributed by atoms with Crippen molar-refractivity contribution in [3.63, 3.8) is 0 Å². The fraction of sp³-hybridized carbons (Fsp3) is 0.346. The summed E-state index contributed by atoms with van der Waals surface area (Å²) in [5.74, 6) is 7.99. The molecule has 15 heteroatoms. The van der Waals surface area contributed by atoms with Crippen LogP contribution in [0.4, 0.5) is 11.9 Å². The van der Waals surface area contributed by atoms with Crippen molar-refractivity contribution >= 4 is 19.9 Å². The predicted octanol–water partition coefficient (Wildman–Crippen LogP) is -0.139. The van der Waals surface area contributed by atoms with Crippen molar-refractivity contribution in [1.82, 2.24) is 34.9 Å². The fourth-order valence-electron chi connectivity index (χ4n) is 3.98. The number of rotatable bonds is 10. The summed E-state index contributed by atoms with van der Waals surface area (Å²) in [5, 5.41) is 8.84. The predicted molar refractivity (Wildman–Crippen MR) is 150 cm³/mol. The molecule has 4 aromatic heterocycles. The molecule has 3 N–H and O–H groups in total. The zero-order valence-electron chi connectivity index (χ0n) is 22.3. The van der Waals surface area contributed by atoms with E-state index in [1.54, 1.807) is 24.8 Å². The Bertz CT molecular complexity index is 1350. The van der Waals surface area contributed by atoms with E-state index in [4.69, 9.17) is 19.0 Å². The zero-order chi connectivity index (χ0) is 28.7. The monoisotopic (exact) mass is 556 g/mol. The fourth-order valence-corrected chi connectivity index (χ4v) is 3.98. The first-order chi connectivity index (χ1) is 20.3. The van der Waals surface area contributed by atoms with Gasteiger partial charge in [0.05, 0.1) is 50.8 Å². The average Bonchev–Trinajstić information content (AvgIpc) is 3.59. The molecule has 0 spiro atoms. The van der Waals surface area contributed by atoms with Crippen molar-refractivity contribution in [3.05, 3.63) is 67.1 Å². The number of aliphatic hydroxyl groups is 1. The Kier molecular flexibility index (Phi) is 11.5. The van der Waals surface area contributed by atoms with Crippen molar-refractivity contribution in [1.29, 1.82) is 0 Å². The van der Waals surface area contributed by atoms with Crippen LogP contribution in [-0.2, 0) is 9.47 Å². The summed E-state index contributed by atoms with van der Waals surface area (Å²) in [6.45, 7) is 3.54. The van der Waals surface area contributed by atoms with Crippen LogP contribution < -0.4 is 15.4 Å². The van der Waals surface area contributed by atoms with Crippen molar-refractivity contribution in [2.45, 2.75) is 6.04 Å². The van der Waals surface area contributed by atoms with Gasteiger partial charge in [0, 0.05) is 43.8 Å². The highest BCUT2D eigenvalue weighted by atomic mass is 16.5. The molecule has 5 rings (SSSR count). The summed E-state index contributed by atoms with van der Waals surface area (Å²) >= 11 is 0. The van der Waals surface area contributed by atoms with Crippen LogP contribution in [0.15, 0.2) is 60.4 Å². The van der Waals surface area contributed by atoms with E-state index in [1.165, 1.54) is 19.0 Å². The van der Waals surface area contributed by atoms with Gasteiger partial charge in [-0.3, -0.25) is 4.98 Å². The Morgan fingerprint density at radius 3 is 2.34 bits per heavy atom. The Balaban J connectivity index is 0.00000189. The van der Waals surface area contributed by atoms with Crippen molar-refractivity contribution in [2.75, 3.05) is 62.5 Å². The molecule has 1 unspecified atom stereocenters. The molecule has 41 heavy (non-hydrogen) atoms. The molecule has 2 radical (unpaired) electrons. The average molecular weight is 556 g/mol. The van der Waals surface area contributed by atoms with Gasteiger partial charge in [-0.1, -0.05) is 11.8 Å². The van der Waals surface area contributed by atoms with Crippen LogP contribution in [0.1, 0.15) is 11.1 Å². The topological polar surface area (TPSA) is 175 Å². The van der Waals surface area contributed by atoms with Crippen LogP contribution in [0.3, 0.4) is 0 Å². The first-order valence-corrected chi connectivity index (χ1v) is 12.7. The molecule has 1 aliphatic rings. The number of nitrogens with two attached hydrogens (primary N) is 1. The molecule has 14 nitrogen and oxygen atoms in total. The number of ether oxygens (including phenoxy) is 2. The summed E-state index contributed by atoms with van der Waals surface area (Å²) in [4.78, 5) is 34.1. The molecular formula is C26H29BN10O4. The van der Waals surface area contributed by atoms with Gasteiger partial charge in [0.2, 0.25) is 11.9 Å². The van der Waals surface area contributed by atoms with Gasteiger partial charge in [-0.2, -0.15) is 0 Å².